The maximum absolute atomic E-state index is 13.2. The molecule has 7 nitrogen and oxygen atoms in total. The average Bonchev–Trinajstić information content (AvgIpc) is 3.43. The smallest absolute Gasteiger partial charge is 0.232 e. The molecule has 0 bridgehead atoms. The van der Waals surface area contributed by atoms with E-state index in [1.54, 1.807) is 22.1 Å². The third-order valence-electron chi connectivity index (χ3n) is 6.40. The number of piperazine rings is 1. The summed E-state index contributed by atoms with van der Waals surface area (Å²) in [5.74, 6) is 0.449. The number of carbonyl (C=O) groups is 3. The molecule has 164 valence electrons. The zero-order valence-corrected chi connectivity index (χ0v) is 18.1. The molecule has 1 atom stereocenters. The topological polar surface area (TPSA) is 74.1 Å². The normalized spacial score (nSPS) is 19.7. The van der Waals surface area contributed by atoms with Gasteiger partial charge in [0.25, 0.3) is 0 Å². The summed E-state index contributed by atoms with van der Waals surface area (Å²) in [5, 5.41) is 0. The molecule has 4 rings (SSSR count). The highest BCUT2D eigenvalue weighted by Gasteiger charge is 2.39. The molecule has 0 saturated carbocycles. The van der Waals surface area contributed by atoms with Gasteiger partial charge in [0.15, 0.2) is 0 Å². The summed E-state index contributed by atoms with van der Waals surface area (Å²) in [4.78, 5) is 43.8. The van der Waals surface area contributed by atoms with Crippen LogP contribution in [0.1, 0.15) is 31.6 Å². The summed E-state index contributed by atoms with van der Waals surface area (Å²) in [6, 6.07) is 13.4. The molecule has 2 aliphatic rings. The van der Waals surface area contributed by atoms with Crippen LogP contribution in [0.25, 0.3) is 0 Å². The lowest BCUT2D eigenvalue weighted by Crippen LogP contribution is -2.55. The third-order valence-corrected chi connectivity index (χ3v) is 6.40. The quantitative estimate of drug-likeness (QED) is 0.740. The van der Waals surface area contributed by atoms with Gasteiger partial charge in [0.05, 0.1) is 24.1 Å². The van der Waals surface area contributed by atoms with Crippen molar-refractivity contribution in [1.82, 2.24) is 14.7 Å². The Morgan fingerprint density at radius 2 is 1.68 bits per heavy atom. The van der Waals surface area contributed by atoms with E-state index in [4.69, 9.17) is 4.42 Å². The van der Waals surface area contributed by atoms with Crippen LogP contribution < -0.4 is 0 Å². The third kappa shape index (κ3) is 4.36. The van der Waals surface area contributed by atoms with Gasteiger partial charge in [-0.25, -0.2) is 0 Å². The van der Waals surface area contributed by atoms with E-state index >= 15 is 0 Å². The molecule has 0 aliphatic carbocycles. The summed E-state index contributed by atoms with van der Waals surface area (Å²) < 4.78 is 5.32. The Kier molecular flexibility index (Phi) is 5.85. The lowest BCUT2D eigenvalue weighted by Gasteiger charge is -2.39. The van der Waals surface area contributed by atoms with Crippen molar-refractivity contribution in [2.45, 2.75) is 32.2 Å². The number of hydrogen-bond acceptors (Lipinski definition) is 4. The molecule has 3 heterocycles. The van der Waals surface area contributed by atoms with E-state index in [1.807, 2.05) is 55.1 Å². The van der Waals surface area contributed by atoms with E-state index in [0.29, 0.717) is 39.3 Å². The zero-order valence-electron chi connectivity index (χ0n) is 18.1. The fraction of sp³-hybridized carbons (Fsp3) is 0.458. The van der Waals surface area contributed by atoms with Gasteiger partial charge in [-0.15, -0.1) is 0 Å². The van der Waals surface area contributed by atoms with Crippen molar-refractivity contribution in [3.05, 3.63) is 60.1 Å². The molecule has 0 unspecified atom stereocenters. The van der Waals surface area contributed by atoms with Gasteiger partial charge >= 0.3 is 0 Å². The molecule has 7 heteroatoms. The van der Waals surface area contributed by atoms with Crippen molar-refractivity contribution in [3.63, 3.8) is 0 Å². The molecule has 0 radical (unpaired) electrons. The number of amides is 3. The number of nitrogens with zero attached hydrogens (tertiary/aromatic N) is 3. The fourth-order valence-electron chi connectivity index (χ4n) is 4.44. The van der Waals surface area contributed by atoms with Gasteiger partial charge in [-0.2, -0.15) is 0 Å². The Labute approximate surface area is 182 Å². The lowest BCUT2D eigenvalue weighted by atomic mass is 9.83. The molecule has 0 spiro atoms. The molecule has 2 saturated heterocycles. The largest absolute Gasteiger partial charge is 0.467 e. The average molecular weight is 424 g/mol. The summed E-state index contributed by atoms with van der Waals surface area (Å²) in [7, 11) is 0. The maximum atomic E-state index is 13.2. The van der Waals surface area contributed by atoms with Crippen LogP contribution in [0.4, 0.5) is 0 Å². The van der Waals surface area contributed by atoms with E-state index in [-0.39, 0.29) is 30.1 Å². The molecule has 1 aromatic carbocycles. The number of furan rings is 1. The molecule has 0 N–H and O–H groups in total. The Balaban J connectivity index is 1.32. The molecule has 2 fully saturated rings. The van der Waals surface area contributed by atoms with Crippen LogP contribution in [0.3, 0.4) is 0 Å². The second kappa shape index (κ2) is 8.57. The molecule has 2 aliphatic heterocycles. The van der Waals surface area contributed by atoms with Crippen molar-refractivity contribution in [2.75, 3.05) is 32.7 Å². The van der Waals surface area contributed by atoms with Gasteiger partial charge in [0, 0.05) is 39.1 Å². The minimum absolute atomic E-state index is 0.00436. The van der Waals surface area contributed by atoms with Gasteiger partial charge < -0.3 is 19.1 Å². The van der Waals surface area contributed by atoms with Crippen LogP contribution in [-0.2, 0) is 26.3 Å². The standard InChI is InChI=1S/C24H29N3O4/c1-24(2,19-7-4-3-5-8-19)23(30)26-12-10-25(11-13-26)22(29)18-15-21(28)27(16-18)17-20-9-6-14-31-20/h3-9,14,18H,10-13,15-17H2,1-2H3/t18-/m0/s1. The highest BCUT2D eigenvalue weighted by molar-refractivity contribution is 5.90. The van der Waals surface area contributed by atoms with Gasteiger partial charge in [0.2, 0.25) is 17.7 Å². The predicted octanol–water partition coefficient (Wildman–Crippen LogP) is 2.28. The van der Waals surface area contributed by atoms with Gasteiger partial charge in [-0.1, -0.05) is 30.3 Å². The van der Waals surface area contributed by atoms with E-state index in [2.05, 4.69) is 0 Å². The second-order valence-corrected chi connectivity index (χ2v) is 8.86. The number of likely N-dealkylation sites (tertiary alicyclic amines) is 1. The molecular weight excluding hydrogens is 394 g/mol. The van der Waals surface area contributed by atoms with Crippen molar-refractivity contribution in [1.29, 1.82) is 0 Å². The molecule has 2 aromatic rings. The van der Waals surface area contributed by atoms with Crippen molar-refractivity contribution in [2.24, 2.45) is 5.92 Å². The van der Waals surface area contributed by atoms with Crippen LogP contribution in [-0.4, -0.2) is 65.1 Å². The van der Waals surface area contributed by atoms with Crippen LogP contribution in [0.5, 0.6) is 0 Å². The number of rotatable bonds is 5. The Morgan fingerprint density at radius 3 is 2.32 bits per heavy atom. The highest BCUT2D eigenvalue weighted by Crippen LogP contribution is 2.27. The number of benzene rings is 1. The predicted molar refractivity (Wildman–Crippen MR) is 115 cm³/mol. The van der Waals surface area contributed by atoms with Crippen LogP contribution >= 0.6 is 0 Å². The van der Waals surface area contributed by atoms with Crippen molar-refractivity contribution < 1.29 is 18.8 Å². The minimum Gasteiger partial charge on any atom is -0.467 e. The molecule has 1 aromatic heterocycles. The summed E-state index contributed by atoms with van der Waals surface area (Å²) in [6.07, 6.45) is 1.82. The maximum Gasteiger partial charge on any atom is 0.232 e. The summed E-state index contributed by atoms with van der Waals surface area (Å²) >= 11 is 0. The van der Waals surface area contributed by atoms with Crippen LogP contribution in [0, 0.1) is 5.92 Å². The molecular formula is C24H29N3O4. The number of hydrogen-bond donors (Lipinski definition) is 0. The van der Waals surface area contributed by atoms with Gasteiger partial charge in [-0.3, -0.25) is 14.4 Å². The van der Waals surface area contributed by atoms with Gasteiger partial charge in [-0.05, 0) is 31.5 Å². The molecule has 31 heavy (non-hydrogen) atoms. The lowest BCUT2D eigenvalue weighted by molar-refractivity contribution is -0.144. The highest BCUT2D eigenvalue weighted by atomic mass is 16.3. The fourth-order valence-corrected chi connectivity index (χ4v) is 4.44. The van der Waals surface area contributed by atoms with Gasteiger partial charge in [0.1, 0.15) is 5.76 Å². The SMILES string of the molecule is CC(C)(C(=O)N1CCN(C(=O)[C@H]2CC(=O)N(Cc3ccco3)C2)CC1)c1ccccc1. The van der Waals surface area contributed by atoms with E-state index in [9.17, 15) is 14.4 Å². The van der Waals surface area contributed by atoms with Crippen molar-refractivity contribution in [3.8, 4) is 0 Å². The first-order valence-corrected chi connectivity index (χ1v) is 10.8. The van der Waals surface area contributed by atoms with E-state index < -0.39 is 5.41 Å². The summed E-state index contributed by atoms with van der Waals surface area (Å²) in [6.45, 7) is 6.72. The Hall–Kier alpha value is -3.09. The second-order valence-electron chi connectivity index (χ2n) is 8.86. The van der Waals surface area contributed by atoms with Crippen LogP contribution in [0.15, 0.2) is 53.1 Å². The Morgan fingerprint density at radius 1 is 1.00 bits per heavy atom. The van der Waals surface area contributed by atoms with E-state index in [0.717, 1.165) is 11.3 Å². The number of carbonyl (C=O) groups excluding carboxylic acids is 3. The zero-order chi connectivity index (χ0) is 22.0. The minimum atomic E-state index is -0.613. The van der Waals surface area contributed by atoms with Crippen LogP contribution in [0.2, 0.25) is 0 Å². The monoisotopic (exact) mass is 423 g/mol. The molecule has 3 amide bonds. The van der Waals surface area contributed by atoms with Crippen molar-refractivity contribution >= 4 is 17.7 Å². The first kappa shape index (κ1) is 21.2. The first-order chi connectivity index (χ1) is 14.9. The van der Waals surface area contributed by atoms with E-state index in [1.165, 1.54) is 0 Å². The summed E-state index contributed by atoms with van der Waals surface area (Å²) in [5.41, 5.74) is 0.372. The first-order valence-electron chi connectivity index (χ1n) is 10.8. The Bertz CT molecular complexity index is 931.